The van der Waals surface area contributed by atoms with Gasteiger partial charge in [0.15, 0.2) is 0 Å². The molecule has 5 nitrogen and oxygen atoms in total. The molecule has 14 heavy (non-hydrogen) atoms. The molecule has 0 saturated carbocycles. The van der Waals surface area contributed by atoms with Crippen molar-refractivity contribution in [1.29, 1.82) is 0 Å². The Morgan fingerprint density at radius 2 is 2.36 bits per heavy atom. The number of ether oxygens (including phenoxy) is 1. The van der Waals surface area contributed by atoms with E-state index in [9.17, 15) is 9.70 Å². The molecule has 0 atom stereocenters. The molecule has 0 fully saturated rings. The lowest BCUT2D eigenvalue weighted by molar-refractivity contribution is -0.107. The Labute approximate surface area is 81.1 Å². The smallest absolute Gasteiger partial charge is 0.216 e. The Bertz CT molecular complexity index is 363. The summed E-state index contributed by atoms with van der Waals surface area (Å²) in [7, 11) is 1.48. The van der Waals surface area contributed by atoms with Crippen LogP contribution in [0.3, 0.4) is 0 Å². The Morgan fingerprint density at radius 1 is 1.64 bits per heavy atom. The molecule has 0 amide bonds. The van der Waals surface area contributed by atoms with Gasteiger partial charge in [-0.2, -0.15) is 0 Å². The molecule has 1 rings (SSSR count). The van der Waals surface area contributed by atoms with Crippen LogP contribution in [0.25, 0.3) is 0 Å². The first-order valence-electron chi connectivity index (χ1n) is 4.04. The predicted molar refractivity (Wildman–Crippen MR) is 50.7 cm³/mol. The number of pyridine rings is 1. The summed E-state index contributed by atoms with van der Waals surface area (Å²) >= 11 is 0. The molecule has 0 saturated heterocycles. The van der Waals surface area contributed by atoms with Crippen molar-refractivity contribution in [1.82, 2.24) is 4.98 Å². The minimum atomic E-state index is 0.0672. The first-order chi connectivity index (χ1) is 6.72. The second-order valence-electron chi connectivity index (χ2n) is 2.74. The molecule has 1 heterocycles. The molecule has 0 aromatic carbocycles. The SMILES string of the molecule is COc1nc(CC=O)c(N=O)cc1C. The van der Waals surface area contributed by atoms with Gasteiger partial charge >= 0.3 is 0 Å². The highest BCUT2D eigenvalue weighted by Crippen LogP contribution is 2.24. The maximum atomic E-state index is 10.4. The maximum Gasteiger partial charge on any atom is 0.216 e. The Morgan fingerprint density at radius 3 is 2.86 bits per heavy atom. The van der Waals surface area contributed by atoms with Crippen molar-refractivity contribution in [3.8, 4) is 5.88 Å². The number of rotatable bonds is 4. The topological polar surface area (TPSA) is 68.6 Å². The van der Waals surface area contributed by atoms with Gasteiger partial charge in [-0.3, -0.25) is 0 Å². The summed E-state index contributed by atoms with van der Waals surface area (Å²) in [4.78, 5) is 24.7. The minimum absolute atomic E-state index is 0.0672. The number of methoxy groups -OCH3 is 1. The van der Waals surface area contributed by atoms with E-state index in [2.05, 4.69) is 10.2 Å². The number of nitrogens with zero attached hydrogens (tertiary/aromatic N) is 2. The van der Waals surface area contributed by atoms with E-state index in [0.29, 0.717) is 17.9 Å². The summed E-state index contributed by atoms with van der Waals surface area (Å²) in [6, 6.07) is 1.55. The molecule has 0 unspecified atom stereocenters. The average molecular weight is 194 g/mol. The minimum Gasteiger partial charge on any atom is -0.481 e. The monoisotopic (exact) mass is 194 g/mol. The predicted octanol–water partition coefficient (Wildman–Crippen LogP) is 1.54. The van der Waals surface area contributed by atoms with Gasteiger partial charge in [0.25, 0.3) is 0 Å². The van der Waals surface area contributed by atoms with Crippen molar-refractivity contribution in [3.63, 3.8) is 0 Å². The van der Waals surface area contributed by atoms with Gasteiger partial charge in [-0.05, 0) is 18.2 Å². The Kier molecular flexibility index (Phi) is 3.28. The van der Waals surface area contributed by atoms with E-state index in [0.717, 1.165) is 5.56 Å². The molecular weight excluding hydrogens is 184 g/mol. The van der Waals surface area contributed by atoms with Crippen LogP contribution in [0, 0.1) is 11.8 Å². The van der Waals surface area contributed by atoms with Crippen LogP contribution in [0.15, 0.2) is 11.2 Å². The second kappa shape index (κ2) is 4.45. The molecule has 1 aromatic heterocycles. The van der Waals surface area contributed by atoms with Gasteiger partial charge in [0, 0.05) is 12.0 Å². The second-order valence-corrected chi connectivity index (χ2v) is 2.74. The van der Waals surface area contributed by atoms with E-state index >= 15 is 0 Å². The number of hydrogen-bond donors (Lipinski definition) is 0. The maximum absolute atomic E-state index is 10.4. The van der Waals surface area contributed by atoms with Gasteiger partial charge in [-0.25, -0.2) is 4.98 Å². The number of aldehydes is 1. The normalized spacial score (nSPS) is 9.57. The fourth-order valence-corrected chi connectivity index (χ4v) is 1.13. The van der Waals surface area contributed by atoms with Gasteiger partial charge in [0.2, 0.25) is 5.88 Å². The third kappa shape index (κ3) is 1.93. The zero-order valence-corrected chi connectivity index (χ0v) is 7.98. The van der Waals surface area contributed by atoms with E-state index < -0.39 is 0 Å². The van der Waals surface area contributed by atoms with E-state index in [1.54, 1.807) is 13.0 Å². The zero-order valence-electron chi connectivity index (χ0n) is 7.98. The van der Waals surface area contributed by atoms with Crippen molar-refractivity contribution in [2.45, 2.75) is 13.3 Å². The van der Waals surface area contributed by atoms with Crippen LogP contribution < -0.4 is 4.74 Å². The van der Waals surface area contributed by atoms with Gasteiger partial charge < -0.3 is 9.53 Å². The molecule has 0 radical (unpaired) electrons. The number of carbonyl (C=O) groups excluding carboxylic acids is 1. The van der Waals surface area contributed by atoms with Gasteiger partial charge in [-0.15, -0.1) is 4.91 Å². The van der Waals surface area contributed by atoms with Crippen LogP contribution in [0.5, 0.6) is 5.88 Å². The highest BCUT2D eigenvalue weighted by atomic mass is 16.5. The van der Waals surface area contributed by atoms with Gasteiger partial charge in [0.1, 0.15) is 12.0 Å². The third-order valence-electron chi connectivity index (χ3n) is 1.79. The van der Waals surface area contributed by atoms with E-state index in [1.165, 1.54) is 7.11 Å². The number of aryl methyl sites for hydroxylation is 1. The van der Waals surface area contributed by atoms with E-state index in [1.807, 2.05) is 0 Å². The van der Waals surface area contributed by atoms with Crippen LogP contribution in [0.2, 0.25) is 0 Å². The lowest BCUT2D eigenvalue weighted by atomic mass is 10.2. The van der Waals surface area contributed by atoms with Crippen LogP contribution in [-0.2, 0) is 11.2 Å². The molecule has 0 aliphatic carbocycles. The summed E-state index contributed by atoms with van der Waals surface area (Å²) in [6.07, 6.45) is 0.740. The zero-order chi connectivity index (χ0) is 10.6. The van der Waals surface area contributed by atoms with E-state index in [4.69, 9.17) is 4.74 Å². The van der Waals surface area contributed by atoms with E-state index in [-0.39, 0.29) is 12.1 Å². The molecule has 74 valence electrons. The van der Waals surface area contributed by atoms with Gasteiger partial charge in [0.05, 0.1) is 12.8 Å². The fourth-order valence-electron chi connectivity index (χ4n) is 1.13. The number of hydrogen-bond acceptors (Lipinski definition) is 5. The summed E-state index contributed by atoms with van der Waals surface area (Å²) in [6.45, 7) is 1.76. The van der Waals surface area contributed by atoms with Crippen molar-refractivity contribution in [2.24, 2.45) is 5.18 Å². The van der Waals surface area contributed by atoms with Crippen LogP contribution in [0.4, 0.5) is 5.69 Å². The lowest BCUT2D eigenvalue weighted by Gasteiger charge is -2.06. The fraction of sp³-hybridized carbons (Fsp3) is 0.333. The highest BCUT2D eigenvalue weighted by molar-refractivity contribution is 5.60. The number of aromatic nitrogens is 1. The highest BCUT2D eigenvalue weighted by Gasteiger charge is 2.09. The Balaban J connectivity index is 3.23. The molecule has 0 aliphatic rings. The molecule has 5 heteroatoms. The molecule has 0 bridgehead atoms. The van der Waals surface area contributed by atoms with Crippen molar-refractivity contribution < 1.29 is 9.53 Å². The molecular formula is C9H10N2O3. The quantitative estimate of drug-likeness (QED) is 0.538. The third-order valence-corrected chi connectivity index (χ3v) is 1.79. The summed E-state index contributed by atoms with van der Waals surface area (Å²) in [5, 5.41) is 2.80. The van der Waals surface area contributed by atoms with Crippen LogP contribution in [-0.4, -0.2) is 18.4 Å². The first-order valence-corrected chi connectivity index (χ1v) is 4.04. The largest absolute Gasteiger partial charge is 0.481 e. The first kappa shape index (κ1) is 10.3. The molecule has 0 spiro atoms. The molecule has 1 aromatic rings. The summed E-state index contributed by atoms with van der Waals surface area (Å²) in [5.74, 6) is 0.411. The van der Waals surface area contributed by atoms with Crippen molar-refractivity contribution in [3.05, 3.63) is 22.2 Å². The molecule has 0 aliphatic heterocycles. The average Bonchev–Trinajstić information content (AvgIpc) is 2.20. The number of nitroso groups, excluding NO2 is 1. The molecule has 0 N–H and O–H groups in total. The summed E-state index contributed by atoms with van der Waals surface area (Å²) < 4.78 is 4.96. The van der Waals surface area contributed by atoms with Crippen LogP contribution in [0.1, 0.15) is 11.3 Å². The standard InChI is InChI=1S/C9H10N2O3/c1-6-5-8(11-13)7(3-4-12)10-9(6)14-2/h4-5H,3H2,1-2H3. The van der Waals surface area contributed by atoms with Crippen molar-refractivity contribution >= 4 is 12.0 Å². The van der Waals surface area contributed by atoms with Crippen molar-refractivity contribution in [2.75, 3.05) is 7.11 Å². The summed E-state index contributed by atoms with van der Waals surface area (Å²) in [5.41, 5.74) is 1.25. The van der Waals surface area contributed by atoms with Gasteiger partial charge in [-0.1, -0.05) is 0 Å². The van der Waals surface area contributed by atoms with Crippen LogP contribution >= 0.6 is 0 Å². The number of carbonyl (C=O) groups is 1. The lowest BCUT2D eigenvalue weighted by Crippen LogP contribution is -1.97. The Hall–Kier alpha value is -1.78.